The van der Waals surface area contributed by atoms with Gasteiger partial charge in [-0.3, -0.25) is 4.79 Å². The summed E-state index contributed by atoms with van der Waals surface area (Å²) in [5, 5.41) is 15.8. The van der Waals surface area contributed by atoms with Crippen molar-refractivity contribution in [1.82, 2.24) is 10.6 Å². The first-order valence-electron chi connectivity index (χ1n) is 6.02. The first-order chi connectivity index (χ1) is 9.00. The van der Waals surface area contributed by atoms with Gasteiger partial charge < -0.3 is 25.2 Å². The molecule has 0 saturated heterocycles. The van der Waals surface area contributed by atoms with Crippen LogP contribution in [0.3, 0.4) is 0 Å². The number of ether oxygens (including phenoxy) is 2. The summed E-state index contributed by atoms with van der Waals surface area (Å²) in [6, 6.07) is 4.77. The van der Waals surface area contributed by atoms with Crippen molar-refractivity contribution < 1.29 is 19.4 Å². The van der Waals surface area contributed by atoms with E-state index in [1.54, 1.807) is 25.2 Å². The second-order valence-corrected chi connectivity index (χ2v) is 4.56. The number of fused-ring (bicyclic) bond motifs is 1. The minimum Gasteiger partial charge on any atom is -0.454 e. The lowest BCUT2D eigenvalue weighted by molar-refractivity contribution is -0.140. The van der Waals surface area contributed by atoms with Gasteiger partial charge in [0.2, 0.25) is 6.79 Å². The Morgan fingerprint density at radius 2 is 2.05 bits per heavy atom. The Balaban J connectivity index is 2.34. The minimum absolute atomic E-state index is 0.189. The number of carbonyl (C=O) groups is 1. The lowest BCUT2D eigenvalue weighted by atomic mass is 9.89. The monoisotopic (exact) mass is 266 g/mol. The number of benzene rings is 1. The highest BCUT2D eigenvalue weighted by Crippen LogP contribution is 2.36. The van der Waals surface area contributed by atoms with Crippen molar-refractivity contribution in [2.45, 2.75) is 18.6 Å². The van der Waals surface area contributed by atoms with Crippen LogP contribution in [-0.4, -0.2) is 37.5 Å². The van der Waals surface area contributed by atoms with Crippen molar-refractivity contribution in [3.63, 3.8) is 0 Å². The Labute approximate surface area is 111 Å². The van der Waals surface area contributed by atoms with E-state index in [2.05, 4.69) is 10.6 Å². The summed E-state index contributed by atoms with van der Waals surface area (Å²) in [5.74, 6) is 0.827. The molecule has 6 heteroatoms. The fraction of sp³-hybridized carbons (Fsp3) is 0.462. The molecule has 0 spiro atoms. The summed E-state index contributed by atoms with van der Waals surface area (Å²) in [6.45, 7) is 1.66. The zero-order valence-electron chi connectivity index (χ0n) is 11.2. The van der Waals surface area contributed by atoms with Crippen molar-refractivity contribution in [2.24, 2.45) is 0 Å². The number of likely N-dealkylation sites (N-methyl/N-ethyl adjacent to an activating group) is 2. The van der Waals surface area contributed by atoms with Crippen molar-refractivity contribution in [3.05, 3.63) is 23.8 Å². The predicted molar refractivity (Wildman–Crippen MR) is 69.1 cm³/mol. The predicted octanol–water partition coefficient (Wildman–Crippen LogP) is 0.173. The number of carbonyl (C=O) groups excluding carboxylic acids is 1. The van der Waals surface area contributed by atoms with Crippen molar-refractivity contribution in [3.8, 4) is 11.5 Å². The maximum Gasteiger partial charge on any atom is 0.253 e. The van der Waals surface area contributed by atoms with Crippen LogP contribution in [0, 0.1) is 0 Å². The van der Waals surface area contributed by atoms with E-state index in [1.165, 1.54) is 14.0 Å². The van der Waals surface area contributed by atoms with Gasteiger partial charge in [0.25, 0.3) is 5.91 Å². The average Bonchev–Trinajstić information content (AvgIpc) is 2.85. The van der Waals surface area contributed by atoms with Gasteiger partial charge in [0.15, 0.2) is 17.1 Å². The van der Waals surface area contributed by atoms with Gasteiger partial charge >= 0.3 is 0 Å². The molecule has 3 N–H and O–H groups in total. The van der Waals surface area contributed by atoms with Gasteiger partial charge in [0, 0.05) is 7.05 Å². The third-order valence-corrected chi connectivity index (χ3v) is 3.27. The first kappa shape index (κ1) is 13.6. The summed E-state index contributed by atoms with van der Waals surface area (Å²) in [5.41, 5.74) is -0.822. The number of amides is 1. The molecule has 0 saturated carbocycles. The third kappa shape index (κ3) is 2.36. The third-order valence-electron chi connectivity index (χ3n) is 3.27. The molecule has 2 unspecified atom stereocenters. The van der Waals surface area contributed by atoms with Crippen LogP contribution < -0.4 is 20.1 Å². The van der Waals surface area contributed by atoms with Crippen LogP contribution in [0.25, 0.3) is 0 Å². The van der Waals surface area contributed by atoms with Crippen LogP contribution in [0.15, 0.2) is 18.2 Å². The molecule has 0 aromatic heterocycles. The SMILES string of the molecule is CNC(=O)C(C)(O)C(NC)c1ccc2c(c1)OCO2. The summed E-state index contributed by atoms with van der Waals surface area (Å²) in [4.78, 5) is 11.8. The second kappa shape index (κ2) is 5.07. The topological polar surface area (TPSA) is 79.8 Å². The van der Waals surface area contributed by atoms with Gasteiger partial charge in [-0.15, -0.1) is 0 Å². The molecule has 0 bridgehead atoms. The Bertz CT molecular complexity index is 488. The van der Waals surface area contributed by atoms with Crippen LogP contribution in [0.2, 0.25) is 0 Å². The van der Waals surface area contributed by atoms with Crippen LogP contribution in [-0.2, 0) is 4.79 Å². The summed E-state index contributed by atoms with van der Waals surface area (Å²) in [6.07, 6.45) is 0. The van der Waals surface area contributed by atoms with E-state index >= 15 is 0 Å². The molecular formula is C13H18N2O4. The van der Waals surface area contributed by atoms with E-state index in [9.17, 15) is 9.90 Å². The fourth-order valence-electron chi connectivity index (χ4n) is 2.25. The number of hydrogen-bond acceptors (Lipinski definition) is 5. The Hall–Kier alpha value is -1.79. The van der Waals surface area contributed by atoms with Gasteiger partial charge in [-0.2, -0.15) is 0 Å². The lowest BCUT2D eigenvalue weighted by Crippen LogP contribution is -2.51. The van der Waals surface area contributed by atoms with E-state index < -0.39 is 17.6 Å². The van der Waals surface area contributed by atoms with E-state index in [1.807, 2.05) is 0 Å². The number of nitrogens with one attached hydrogen (secondary N) is 2. The molecule has 1 aromatic carbocycles. The van der Waals surface area contributed by atoms with E-state index in [4.69, 9.17) is 9.47 Å². The lowest BCUT2D eigenvalue weighted by Gasteiger charge is -2.31. The highest BCUT2D eigenvalue weighted by atomic mass is 16.7. The Morgan fingerprint density at radius 3 is 2.68 bits per heavy atom. The maximum atomic E-state index is 11.8. The molecule has 2 rings (SSSR count). The normalized spacial score (nSPS) is 17.7. The smallest absolute Gasteiger partial charge is 0.253 e. The summed E-state index contributed by atoms with van der Waals surface area (Å²) >= 11 is 0. The Morgan fingerprint density at radius 1 is 1.37 bits per heavy atom. The molecule has 104 valence electrons. The van der Waals surface area contributed by atoms with E-state index in [0.717, 1.165) is 5.56 Å². The van der Waals surface area contributed by atoms with Crippen LogP contribution >= 0.6 is 0 Å². The van der Waals surface area contributed by atoms with Crippen molar-refractivity contribution in [2.75, 3.05) is 20.9 Å². The molecule has 0 aliphatic carbocycles. The largest absolute Gasteiger partial charge is 0.454 e. The number of rotatable bonds is 4. The molecule has 1 aromatic rings. The molecule has 1 heterocycles. The van der Waals surface area contributed by atoms with Gasteiger partial charge in [0.1, 0.15) is 0 Å². The molecule has 2 atom stereocenters. The van der Waals surface area contributed by atoms with Crippen LogP contribution in [0.1, 0.15) is 18.5 Å². The summed E-state index contributed by atoms with van der Waals surface area (Å²) in [7, 11) is 3.18. The molecular weight excluding hydrogens is 248 g/mol. The van der Waals surface area contributed by atoms with Crippen LogP contribution in [0.4, 0.5) is 0 Å². The highest BCUT2D eigenvalue weighted by molar-refractivity contribution is 5.85. The number of aliphatic hydroxyl groups is 1. The van der Waals surface area contributed by atoms with Gasteiger partial charge in [-0.1, -0.05) is 6.07 Å². The van der Waals surface area contributed by atoms with E-state index in [0.29, 0.717) is 11.5 Å². The summed E-state index contributed by atoms with van der Waals surface area (Å²) < 4.78 is 10.5. The first-order valence-corrected chi connectivity index (χ1v) is 6.02. The molecule has 0 fully saturated rings. The quantitative estimate of drug-likeness (QED) is 0.724. The number of hydrogen-bond donors (Lipinski definition) is 3. The molecule has 19 heavy (non-hydrogen) atoms. The standard InChI is InChI=1S/C13H18N2O4/c1-13(17,12(16)15-3)11(14-2)8-4-5-9-10(6-8)19-7-18-9/h4-6,11,14,17H,7H2,1-3H3,(H,15,16). The van der Waals surface area contributed by atoms with Crippen molar-refractivity contribution in [1.29, 1.82) is 0 Å². The second-order valence-electron chi connectivity index (χ2n) is 4.56. The molecule has 0 radical (unpaired) electrons. The van der Waals surface area contributed by atoms with Gasteiger partial charge in [-0.25, -0.2) is 0 Å². The zero-order valence-corrected chi connectivity index (χ0v) is 11.2. The highest BCUT2D eigenvalue weighted by Gasteiger charge is 2.39. The Kier molecular flexibility index (Phi) is 3.64. The van der Waals surface area contributed by atoms with Crippen molar-refractivity contribution >= 4 is 5.91 Å². The van der Waals surface area contributed by atoms with E-state index in [-0.39, 0.29) is 6.79 Å². The van der Waals surface area contributed by atoms with Crippen LogP contribution in [0.5, 0.6) is 11.5 Å². The molecule has 1 amide bonds. The fourth-order valence-corrected chi connectivity index (χ4v) is 2.25. The molecule has 1 aliphatic rings. The average molecular weight is 266 g/mol. The molecule has 6 nitrogen and oxygen atoms in total. The minimum atomic E-state index is -1.57. The zero-order chi connectivity index (χ0) is 14.0. The molecule has 1 aliphatic heterocycles. The maximum absolute atomic E-state index is 11.8. The van der Waals surface area contributed by atoms with Gasteiger partial charge in [0.05, 0.1) is 6.04 Å². The van der Waals surface area contributed by atoms with Gasteiger partial charge in [-0.05, 0) is 31.7 Å².